The van der Waals surface area contributed by atoms with E-state index < -0.39 is 15.8 Å². The van der Waals surface area contributed by atoms with Gasteiger partial charge in [0.15, 0.2) is 5.82 Å². The fourth-order valence-corrected chi connectivity index (χ4v) is 3.94. The lowest BCUT2D eigenvalue weighted by molar-refractivity contribution is 0.283. The molecule has 1 heterocycles. The molecule has 0 aromatic heterocycles. The molecule has 1 aliphatic rings. The minimum atomic E-state index is -3.83. The van der Waals surface area contributed by atoms with Gasteiger partial charge in [0.05, 0.1) is 5.02 Å². The van der Waals surface area contributed by atoms with Crippen LogP contribution in [0.3, 0.4) is 0 Å². The van der Waals surface area contributed by atoms with E-state index in [1.165, 1.54) is 22.5 Å². The number of nitrogens with one attached hydrogen (secondary N) is 1. The SMILES string of the molecule is C[C@@H]1CNCCN1S(=O)(=O)c1cccc(Cl)c1F. The molecule has 18 heavy (non-hydrogen) atoms. The van der Waals surface area contributed by atoms with E-state index in [0.29, 0.717) is 19.6 Å². The molecule has 1 N–H and O–H groups in total. The maximum atomic E-state index is 13.8. The molecule has 1 aromatic rings. The monoisotopic (exact) mass is 292 g/mol. The molecule has 0 unspecified atom stereocenters. The predicted molar refractivity (Wildman–Crippen MR) is 67.6 cm³/mol. The molecule has 2 rings (SSSR count). The second kappa shape index (κ2) is 5.13. The maximum Gasteiger partial charge on any atom is 0.246 e. The van der Waals surface area contributed by atoms with E-state index in [0.717, 1.165) is 0 Å². The first-order valence-electron chi connectivity index (χ1n) is 5.61. The number of halogens is 2. The zero-order valence-corrected chi connectivity index (χ0v) is 11.4. The summed E-state index contributed by atoms with van der Waals surface area (Å²) in [6.45, 7) is 3.23. The molecular weight excluding hydrogens is 279 g/mol. The van der Waals surface area contributed by atoms with Crippen molar-refractivity contribution in [1.29, 1.82) is 0 Å². The van der Waals surface area contributed by atoms with Gasteiger partial charge >= 0.3 is 0 Å². The fraction of sp³-hybridized carbons (Fsp3) is 0.455. The van der Waals surface area contributed by atoms with Crippen molar-refractivity contribution in [2.75, 3.05) is 19.6 Å². The molecule has 7 heteroatoms. The van der Waals surface area contributed by atoms with Gasteiger partial charge in [0.1, 0.15) is 4.90 Å². The van der Waals surface area contributed by atoms with E-state index in [-0.39, 0.29) is 16.0 Å². The van der Waals surface area contributed by atoms with Crippen LogP contribution in [0.2, 0.25) is 5.02 Å². The van der Waals surface area contributed by atoms with Crippen molar-refractivity contribution in [3.05, 3.63) is 29.0 Å². The van der Waals surface area contributed by atoms with Crippen LogP contribution in [-0.4, -0.2) is 38.4 Å². The number of benzene rings is 1. The van der Waals surface area contributed by atoms with Crippen LogP contribution >= 0.6 is 11.6 Å². The van der Waals surface area contributed by atoms with Gasteiger partial charge in [-0.1, -0.05) is 17.7 Å². The second-order valence-electron chi connectivity index (χ2n) is 4.22. The van der Waals surface area contributed by atoms with Crippen molar-refractivity contribution in [3.8, 4) is 0 Å². The highest BCUT2D eigenvalue weighted by atomic mass is 35.5. The molecule has 1 fully saturated rings. The molecule has 1 atom stereocenters. The van der Waals surface area contributed by atoms with E-state index in [9.17, 15) is 12.8 Å². The Morgan fingerprint density at radius 1 is 1.50 bits per heavy atom. The van der Waals surface area contributed by atoms with E-state index in [1.54, 1.807) is 6.92 Å². The Hall–Kier alpha value is -0.690. The summed E-state index contributed by atoms with van der Waals surface area (Å²) in [5.41, 5.74) is 0. The van der Waals surface area contributed by atoms with Gasteiger partial charge in [0, 0.05) is 25.7 Å². The lowest BCUT2D eigenvalue weighted by atomic mass is 10.3. The Morgan fingerprint density at radius 3 is 2.89 bits per heavy atom. The van der Waals surface area contributed by atoms with Crippen LogP contribution in [0.4, 0.5) is 4.39 Å². The lowest BCUT2D eigenvalue weighted by Gasteiger charge is -2.32. The van der Waals surface area contributed by atoms with E-state index in [1.807, 2.05) is 0 Å². The molecule has 0 saturated carbocycles. The highest BCUT2D eigenvalue weighted by Gasteiger charge is 2.33. The van der Waals surface area contributed by atoms with Crippen LogP contribution in [0.1, 0.15) is 6.92 Å². The van der Waals surface area contributed by atoms with Crippen LogP contribution in [0.5, 0.6) is 0 Å². The molecule has 1 saturated heterocycles. The number of hydrogen-bond donors (Lipinski definition) is 1. The first-order valence-corrected chi connectivity index (χ1v) is 7.43. The fourth-order valence-electron chi connectivity index (χ4n) is 1.99. The van der Waals surface area contributed by atoms with E-state index in [4.69, 9.17) is 11.6 Å². The van der Waals surface area contributed by atoms with Crippen LogP contribution in [-0.2, 0) is 10.0 Å². The summed E-state index contributed by atoms with van der Waals surface area (Å²) in [4.78, 5) is -0.358. The van der Waals surface area contributed by atoms with E-state index in [2.05, 4.69) is 5.32 Å². The van der Waals surface area contributed by atoms with Crippen molar-refractivity contribution in [2.24, 2.45) is 0 Å². The summed E-state index contributed by atoms with van der Waals surface area (Å²) in [6, 6.07) is 3.80. The Bertz CT molecular complexity index is 550. The number of rotatable bonds is 2. The van der Waals surface area contributed by atoms with Crippen molar-refractivity contribution in [2.45, 2.75) is 17.9 Å². The van der Waals surface area contributed by atoms with Crippen LogP contribution in [0.15, 0.2) is 23.1 Å². The third-order valence-corrected chi connectivity index (χ3v) is 5.27. The highest BCUT2D eigenvalue weighted by molar-refractivity contribution is 7.89. The summed E-state index contributed by atoms with van der Waals surface area (Å²) in [5.74, 6) is -0.884. The van der Waals surface area contributed by atoms with Gasteiger partial charge in [-0.05, 0) is 19.1 Å². The summed E-state index contributed by atoms with van der Waals surface area (Å²) in [5, 5.41) is 2.91. The maximum absolute atomic E-state index is 13.8. The van der Waals surface area contributed by atoms with Gasteiger partial charge in [0.2, 0.25) is 10.0 Å². The Labute approximate surface area is 111 Å². The first-order chi connectivity index (χ1) is 8.44. The lowest BCUT2D eigenvalue weighted by Crippen LogP contribution is -2.52. The van der Waals surface area contributed by atoms with Gasteiger partial charge in [0.25, 0.3) is 0 Å². The molecule has 0 aliphatic carbocycles. The molecule has 0 amide bonds. The normalized spacial score (nSPS) is 22.1. The standard InChI is InChI=1S/C11H14ClFN2O2S/c1-8-7-14-5-6-15(8)18(16,17)10-4-2-3-9(12)11(10)13/h2-4,8,14H,5-7H2,1H3/t8-/m1/s1. The minimum Gasteiger partial charge on any atom is -0.314 e. The number of sulfonamides is 1. The molecular formula is C11H14ClFN2O2S. The highest BCUT2D eigenvalue weighted by Crippen LogP contribution is 2.26. The molecule has 100 valence electrons. The minimum absolute atomic E-state index is 0.182. The molecule has 0 bridgehead atoms. The summed E-state index contributed by atoms with van der Waals surface area (Å²) in [7, 11) is -3.83. The van der Waals surface area contributed by atoms with Crippen LogP contribution in [0.25, 0.3) is 0 Å². The van der Waals surface area contributed by atoms with Gasteiger partial charge in [-0.3, -0.25) is 0 Å². The Balaban J connectivity index is 2.44. The predicted octanol–water partition coefficient (Wildman–Crippen LogP) is 1.46. The van der Waals surface area contributed by atoms with E-state index >= 15 is 0 Å². The van der Waals surface area contributed by atoms with Gasteiger partial charge in [-0.2, -0.15) is 4.31 Å². The average Bonchev–Trinajstić information content (AvgIpc) is 2.32. The zero-order chi connectivity index (χ0) is 13.3. The van der Waals surface area contributed by atoms with Crippen molar-refractivity contribution >= 4 is 21.6 Å². The smallest absolute Gasteiger partial charge is 0.246 e. The number of nitrogens with zero attached hydrogens (tertiary/aromatic N) is 1. The van der Waals surface area contributed by atoms with Gasteiger partial charge in [-0.15, -0.1) is 0 Å². The number of hydrogen-bond acceptors (Lipinski definition) is 3. The zero-order valence-electron chi connectivity index (χ0n) is 9.86. The Morgan fingerprint density at radius 2 is 2.22 bits per heavy atom. The largest absolute Gasteiger partial charge is 0.314 e. The van der Waals surface area contributed by atoms with Crippen molar-refractivity contribution in [1.82, 2.24) is 9.62 Å². The second-order valence-corrected chi connectivity index (χ2v) is 6.49. The Kier molecular flexibility index (Phi) is 3.91. The molecule has 1 aromatic carbocycles. The summed E-state index contributed by atoms with van der Waals surface area (Å²) >= 11 is 5.62. The van der Waals surface area contributed by atoms with Crippen molar-refractivity contribution < 1.29 is 12.8 Å². The van der Waals surface area contributed by atoms with Crippen LogP contribution in [0, 0.1) is 5.82 Å². The van der Waals surface area contributed by atoms with Gasteiger partial charge in [-0.25, -0.2) is 12.8 Å². The first kappa shape index (κ1) is 13.7. The molecule has 0 radical (unpaired) electrons. The number of piperazine rings is 1. The molecule has 4 nitrogen and oxygen atoms in total. The summed E-state index contributed by atoms with van der Waals surface area (Å²) < 4.78 is 39.9. The van der Waals surface area contributed by atoms with Gasteiger partial charge < -0.3 is 5.32 Å². The third kappa shape index (κ3) is 2.38. The molecule has 0 spiro atoms. The summed E-state index contributed by atoms with van der Waals surface area (Å²) in [6.07, 6.45) is 0. The topological polar surface area (TPSA) is 49.4 Å². The van der Waals surface area contributed by atoms with Crippen LogP contribution < -0.4 is 5.32 Å². The van der Waals surface area contributed by atoms with Crippen molar-refractivity contribution in [3.63, 3.8) is 0 Å². The third-order valence-electron chi connectivity index (χ3n) is 2.94. The quantitative estimate of drug-likeness (QED) is 0.898. The molecule has 1 aliphatic heterocycles. The average molecular weight is 293 g/mol.